The molecule has 0 aliphatic carbocycles. The first-order chi connectivity index (χ1) is 8.20. The van der Waals surface area contributed by atoms with Crippen LogP contribution in [0, 0.1) is 0 Å². The van der Waals surface area contributed by atoms with E-state index in [1.807, 2.05) is 29.8 Å². The van der Waals surface area contributed by atoms with Crippen LogP contribution in [0.5, 0.6) is 0 Å². The van der Waals surface area contributed by atoms with Crippen molar-refractivity contribution in [2.45, 2.75) is 20.0 Å². The summed E-state index contributed by atoms with van der Waals surface area (Å²) < 4.78 is 2.74. The molecule has 0 fully saturated rings. The summed E-state index contributed by atoms with van der Waals surface area (Å²) in [6.07, 6.45) is 1.57. The topological polar surface area (TPSA) is 42.7 Å². The number of nitrogens with one attached hydrogen (secondary N) is 1. The van der Waals surface area contributed by atoms with E-state index in [1.54, 1.807) is 6.33 Å². The van der Waals surface area contributed by atoms with Gasteiger partial charge in [0, 0.05) is 16.7 Å². The number of benzene rings is 1. The fourth-order valence-corrected chi connectivity index (χ4v) is 1.97. The maximum Gasteiger partial charge on any atom is 0.146 e. The smallest absolute Gasteiger partial charge is 0.146 e. The first kappa shape index (κ1) is 12.4. The van der Waals surface area contributed by atoms with Crippen molar-refractivity contribution in [3.05, 3.63) is 39.8 Å². The molecular weight excluding hydrogens is 304 g/mol. The zero-order valence-corrected chi connectivity index (χ0v) is 11.7. The Kier molecular flexibility index (Phi) is 4.02. The van der Waals surface area contributed by atoms with Crippen molar-refractivity contribution in [2.24, 2.45) is 0 Å². The second kappa shape index (κ2) is 5.51. The normalized spacial score (nSPS) is 10.5. The van der Waals surface area contributed by atoms with Gasteiger partial charge in [0.05, 0.1) is 11.6 Å². The van der Waals surface area contributed by atoms with Crippen LogP contribution in [0.3, 0.4) is 0 Å². The van der Waals surface area contributed by atoms with E-state index < -0.39 is 0 Å². The van der Waals surface area contributed by atoms with Crippen molar-refractivity contribution in [3.8, 4) is 0 Å². The van der Waals surface area contributed by atoms with E-state index in [-0.39, 0.29) is 0 Å². The van der Waals surface area contributed by atoms with Crippen molar-refractivity contribution in [1.29, 1.82) is 0 Å². The van der Waals surface area contributed by atoms with Gasteiger partial charge in [-0.1, -0.05) is 11.6 Å². The lowest BCUT2D eigenvalue weighted by Gasteiger charge is -2.07. The van der Waals surface area contributed by atoms with E-state index in [2.05, 4.69) is 31.3 Å². The van der Waals surface area contributed by atoms with E-state index in [9.17, 15) is 0 Å². The molecule has 6 heteroatoms. The van der Waals surface area contributed by atoms with Crippen molar-refractivity contribution >= 4 is 33.2 Å². The van der Waals surface area contributed by atoms with Crippen LogP contribution in [0.2, 0.25) is 5.02 Å². The molecule has 0 aliphatic rings. The largest absolute Gasteiger partial charge is 0.378 e. The molecule has 1 aromatic heterocycles. The van der Waals surface area contributed by atoms with Crippen molar-refractivity contribution in [2.75, 3.05) is 5.32 Å². The summed E-state index contributed by atoms with van der Waals surface area (Å²) >= 11 is 9.31. The number of rotatable bonds is 4. The Morgan fingerprint density at radius 1 is 1.47 bits per heavy atom. The molecule has 90 valence electrons. The second-order valence-electron chi connectivity index (χ2n) is 3.47. The van der Waals surface area contributed by atoms with Crippen molar-refractivity contribution in [3.63, 3.8) is 0 Å². The Morgan fingerprint density at radius 3 is 3.00 bits per heavy atom. The molecule has 0 saturated carbocycles. The maximum absolute atomic E-state index is 5.93. The van der Waals surface area contributed by atoms with Crippen molar-refractivity contribution in [1.82, 2.24) is 14.8 Å². The molecule has 0 amide bonds. The quantitative estimate of drug-likeness (QED) is 0.941. The zero-order chi connectivity index (χ0) is 12.3. The minimum absolute atomic E-state index is 0.641. The zero-order valence-electron chi connectivity index (χ0n) is 9.32. The Balaban J connectivity index is 2.05. The van der Waals surface area contributed by atoms with Crippen LogP contribution >= 0.6 is 27.5 Å². The Hall–Kier alpha value is -1.07. The van der Waals surface area contributed by atoms with Crippen molar-refractivity contribution < 1.29 is 0 Å². The average Bonchev–Trinajstić information content (AvgIpc) is 2.78. The molecule has 1 heterocycles. The predicted octanol–water partition coefficient (Wildman–Crippen LogP) is 3.33. The molecule has 1 aromatic carbocycles. The fourth-order valence-electron chi connectivity index (χ4n) is 1.48. The number of aryl methyl sites for hydroxylation is 1. The predicted molar refractivity (Wildman–Crippen MR) is 72.2 cm³/mol. The van der Waals surface area contributed by atoms with Gasteiger partial charge in [-0.15, -0.1) is 0 Å². The summed E-state index contributed by atoms with van der Waals surface area (Å²) in [4.78, 5) is 4.19. The molecular formula is C11H12BrClN4. The summed E-state index contributed by atoms with van der Waals surface area (Å²) in [5.74, 6) is 0.915. The number of aromatic nitrogens is 3. The maximum atomic E-state index is 5.93. The highest BCUT2D eigenvalue weighted by Gasteiger charge is 2.03. The molecule has 0 saturated heterocycles. The molecule has 0 unspecified atom stereocenters. The first-order valence-electron chi connectivity index (χ1n) is 5.26. The minimum atomic E-state index is 0.641. The molecule has 17 heavy (non-hydrogen) atoms. The summed E-state index contributed by atoms with van der Waals surface area (Å²) in [6, 6.07) is 5.72. The van der Waals surface area contributed by atoms with Crippen LogP contribution in [0.4, 0.5) is 5.69 Å². The highest BCUT2D eigenvalue weighted by Crippen LogP contribution is 2.25. The lowest BCUT2D eigenvalue weighted by Crippen LogP contribution is -2.08. The molecule has 0 atom stereocenters. The number of nitrogens with zero attached hydrogens (tertiary/aromatic N) is 3. The van der Waals surface area contributed by atoms with Gasteiger partial charge in [0.25, 0.3) is 0 Å². The molecule has 0 spiro atoms. The second-order valence-corrected chi connectivity index (χ2v) is 4.74. The number of anilines is 1. The molecule has 2 aromatic rings. The lowest BCUT2D eigenvalue weighted by molar-refractivity contribution is 0.622. The third-order valence-electron chi connectivity index (χ3n) is 2.37. The number of hydrogen-bond donors (Lipinski definition) is 1. The van der Waals surface area contributed by atoms with E-state index in [1.165, 1.54) is 0 Å². The molecule has 0 radical (unpaired) electrons. The van der Waals surface area contributed by atoms with Crippen LogP contribution in [0.15, 0.2) is 29.0 Å². The fraction of sp³-hybridized carbons (Fsp3) is 0.273. The molecule has 0 bridgehead atoms. The number of hydrogen-bond acceptors (Lipinski definition) is 3. The third-order valence-corrected chi connectivity index (χ3v) is 3.58. The van der Waals surface area contributed by atoms with E-state index in [4.69, 9.17) is 11.6 Å². The van der Waals surface area contributed by atoms with Gasteiger partial charge in [-0.05, 0) is 41.1 Å². The van der Waals surface area contributed by atoms with Crippen LogP contribution in [0.25, 0.3) is 0 Å². The van der Waals surface area contributed by atoms with Crippen LogP contribution in [-0.4, -0.2) is 14.8 Å². The van der Waals surface area contributed by atoms with Gasteiger partial charge in [-0.25, -0.2) is 9.67 Å². The lowest BCUT2D eigenvalue weighted by atomic mass is 10.3. The van der Waals surface area contributed by atoms with Crippen LogP contribution in [-0.2, 0) is 13.1 Å². The molecule has 1 N–H and O–H groups in total. The Bertz CT molecular complexity index is 512. The summed E-state index contributed by atoms with van der Waals surface area (Å²) in [5, 5.41) is 8.09. The van der Waals surface area contributed by atoms with Gasteiger partial charge in [0.15, 0.2) is 0 Å². The summed E-state index contributed by atoms with van der Waals surface area (Å²) in [6.45, 7) is 3.50. The Labute approximate surface area is 113 Å². The van der Waals surface area contributed by atoms with E-state index in [0.717, 1.165) is 22.5 Å². The van der Waals surface area contributed by atoms with Crippen LogP contribution in [0.1, 0.15) is 12.7 Å². The van der Waals surface area contributed by atoms with Gasteiger partial charge in [-0.2, -0.15) is 5.10 Å². The molecule has 2 rings (SSSR count). The van der Waals surface area contributed by atoms with Gasteiger partial charge >= 0.3 is 0 Å². The van der Waals surface area contributed by atoms with E-state index in [0.29, 0.717) is 11.6 Å². The highest BCUT2D eigenvalue weighted by molar-refractivity contribution is 9.10. The highest BCUT2D eigenvalue weighted by atomic mass is 79.9. The van der Waals surface area contributed by atoms with Gasteiger partial charge in [-0.3, -0.25) is 0 Å². The third kappa shape index (κ3) is 2.98. The summed E-state index contributed by atoms with van der Waals surface area (Å²) in [5.41, 5.74) is 0.993. The van der Waals surface area contributed by atoms with Crippen LogP contribution < -0.4 is 5.32 Å². The standard InChI is InChI=1S/C11H12BrClN4/c1-2-17-11(15-7-16-17)6-14-8-3-4-10(13)9(12)5-8/h3-5,7,14H,2,6H2,1H3. The molecule has 0 aliphatic heterocycles. The number of halogens is 2. The first-order valence-corrected chi connectivity index (χ1v) is 6.43. The van der Waals surface area contributed by atoms with E-state index >= 15 is 0 Å². The Morgan fingerprint density at radius 2 is 2.29 bits per heavy atom. The van der Waals surface area contributed by atoms with Gasteiger partial charge in [0.1, 0.15) is 12.2 Å². The molecule has 4 nitrogen and oxygen atoms in total. The minimum Gasteiger partial charge on any atom is -0.378 e. The SMILES string of the molecule is CCn1ncnc1CNc1ccc(Cl)c(Br)c1. The van der Waals surface area contributed by atoms with Gasteiger partial charge in [0.2, 0.25) is 0 Å². The summed E-state index contributed by atoms with van der Waals surface area (Å²) in [7, 11) is 0. The van der Waals surface area contributed by atoms with Gasteiger partial charge < -0.3 is 5.32 Å². The average molecular weight is 316 g/mol. The monoisotopic (exact) mass is 314 g/mol.